The van der Waals surface area contributed by atoms with Crippen molar-refractivity contribution in [1.29, 1.82) is 0 Å². The number of aromatic nitrogens is 3. The number of amides is 1. The van der Waals surface area contributed by atoms with Crippen LogP contribution in [0.3, 0.4) is 0 Å². The van der Waals surface area contributed by atoms with Crippen molar-refractivity contribution in [3.8, 4) is 0 Å². The van der Waals surface area contributed by atoms with Gasteiger partial charge >= 0.3 is 0 Å². The van der Waals surface area contributed by atoms with E-state index >= 15 is 0 Å². The number of carbonyl (C=O) groups excluding carboxylic acids is 1. The molecular formula is C18H22N4O2. The van der Waals surface area contributed by atoms with Gasteiger partial charge in [-0.2, -0.15) is 0 Å². The zero-order valence-electron chi connectivity index (χ0n) is 14.3. The quantitative estimate of drug-likeness (QED) is 0.867. The van der Waals surface area contributed by atoms with Crippen LogP contribution in [0.15, 0.2) is 22.7 Å². The van der Waals surface area contributed by atoms with Gasteiger partial charge in [0.1, 0.15) is 0 Å². The summed E-state index contributed by atoms with van der Waals surface area (Å²) < 4.78 is 5.79. The van der Waals surface area contributed by atoms with E-state index < -0.39 is 0 Å². The third-order valence-corrected chi connectivity index (χ3v) is 4.50. The molecule has 1 aliphatic rings. The van der Waals surface area contributed by atoms with E-state index in [0.717, 1.165) is 30.6 Å². The predicted octanol–water partition coefficient (Wildman–Crippen LogP) is 3.06. The van der Waals surface area contributed by atoms with Crippen molar-refractivity contribution in [2.75, 3.05) is 6.54 Å². The van der Waals surface area contributed by atoms with E-state index in [9.17, 15) is 4.79 Å². The van der Waals surface area contributed by atoms with E-state index in [1.54, 1.807) is 13.0 Å². The second-order valence-electron chi connectivity index (χ2n) is 6.27. The summed E-state index contributed by atoms with van der Waals surface area (Å²) in [7, 11) is 0. The van der Waals surface area contributed by atoms with Crippen LogP contribution in [0.4, 0.5) is 0 Å². The molecule has 0 unspecified atom stereocenters. The second-order valence-corrected chi connectivity index (χ2v) is 6.27. The average molecular weight is 326 g/mol. The maximum absolute atomic E-state index is 11.7. The van der Waals surface area contributed by atoms with Crippen LogP contribution in [0.2, 0.25) is 0 Å². The minimum Gasteiger partial charge on any atom is -0.421 e. The number of pyridine rings is 1. The Morgan fingerprint density at radius 3 is 2.88 bits per heavy atom. The van der Waals surface area contributed by atoms with Gasteiger partial charge < -0.3 is 9.32 Å². The van der Waals surface area contributed by atoms with E-state index in [1.165, 1.54) is 0 Å². The summed E-state index contributed by atoms with van der Waals surface area (Å²) in [5.41, 5.74) is 1.96. The summed E-state index contributed by atoms with van der Waals surface area (Å²) in [6.07, 6.45) is 7.34. The number of piperidine rings is 1. The topological polar surface area (TPSA) is 72.1 Å². The smallest absolute Gasteiger partial charge is 0.240 e. The first kappa shape index (κ1) is 16.4. The van der Waals surface area contributed by atoms with E-state index in [0.29, 0.717) is 11.8 Å². The van der Waals surface area contributed by atoms with Gasteiger partial charge in [0.2, 0.25) is 17.7 Å². The van der Waals surface area contributed by atoms with Gasteiger partial charge in [0.05, 0.1) is 11.6 Å². The normalized spacial score (nSPS) is 21.4. The van der Waals surface area contributed by atoms with Crippen LogP contribution in [0, 0.1) is 6.92 Å². The van der Waals surface area contributed by atoms with Crippen LogP contribution >= 0.6 is 0 Å². The summed E-state index contributed by atoms with van der Waals surface area (Å²) in [5, 5.41) is 8.28. The fourth-order valence-electron chi connectivity index (χ4n) is 3.12. The van der Waals surface area contributed by atoms with E-state index in [4.69, 9.17) is 4.42 Å². The van der Waals surface area contributed by atoms with Crippen LogP contribution in [0.25, 0.3) is 12.2 Å². The Bertz CT molecular complexity index is 736. The van der Waals surface area contributed by atoms with E-state index in [1.807, 2.05) is 43.2 Å². The van der Waals surface area contributed by atoms with Gasteiger partial charge in [0.15, 0.2) is 0 Å². The number of likely N-dealkylation sites (tertiary alicyclic amines) is 1. The number of hydrogen-bond donors (Lipinski definition) is 0. The third-order valence-electron chi connectivity index (χ3n) is 4.50. The molecule has 1 saturated heterocycles. The Hall–Kier alpha value is -2.50. The maximum atomic E-state index is 11.7. The van der Waals surface area contributed by atoms with Crippen molar-refractivity contribution in [2.24, 2.45) is 0 Å². The zero-order chi connectivity index (χ0) is 17.1. The molecule has 3 rings (SSSR count). The van der Waals surface area contributed by atoms with Crippen molar-refractivity contribution in [1.82, 2.24) is 20.1 Å². The molecule has 0 bridgehead atoms. The number of rotatable bonds is 3. The highest BCUT2D eigenvalue weighted by atomic mass is 16.4. The molecular weight excluding hydrogens is 304 g/mol. The largest absolute Gasteiger partial charge is 0.421 e. The van der Waals surface area contributed by atoms with Gasteiger partial charge in [-0.05, 0) is 44.4 Å². The van der Waals surface area contributed by atoms with Crippen LogP contribution in [-0.4, -0.2) is 38.6 Å². The molecule has 6 heteroatoms. The highest BCUT2D eigenvalue weighted by Crippen LogP contribution is 2.31. The lowest BCUT2D eigenvalue weighted by atomic mass is 9.90. The van der Waals surface area contributed by atoms with Crippen molar-refractivity contribution in [2.45, 2.75) is 45.6 Å². The fraction of sp³-hybridized carbons (Fsp3) is 0.444. The molecule has 0 N–H and O–H groups in total. The number of nitrogens with zero attached hydrogens (tertiary/aromatic N) is 4. The molecule has 3 heterocycles. The molecule has 24 heavy (non-hydrogen) atoms. The Morgan fingerprint density at radius 2 is 2.17 bits per heavy atom. The Balaban J connectivity index is 1.73. The van der Waals surface area contributed by atoms with Crippen LogP contribution in [-0.2, 0) is 4.79 Å². The Labute approximate surface area is 141 Å². The molecule has 6 nitrogen and oxygen atoms in total. The van der Waals surface area contributed by atoms with Gasteiger partial charge in [-0.25, -0.2) is 0 Å². The summed E-state index contributed by atoms with van der Waals surface area (Å²) >= 11 is 0. The van der Waals surface area contributed by atoms with Crippen molar-refractivity contribution < 1.29 is 9.21 Å². The number of hydrogen-bond acceptors (Lipinski definition) is 5. The van der Waals surface area contributed by atoms with Gasteiger partial charge in [-0.15, -0.1) is 10.2 Å². The highest BCUT2D eigenvalue weighted by Gasteiger charge is 2.33. The second kappa shape index (κ2) is 6.95. The minimum absolute atomic E-state index is 0.0762. The molecule has 2 atom stereocenters. The van der Waals surface area contributed by atoms with Crippen LogP contribution < -0.4 is 0 Å². The van der Waals surface area contributed by atoms with Crippen LogP contribution in [0.1, 0.15) is 55.6 Å². The molecule has 2 aromatic heterocycles. The fourth-order valence-corrected chi connectivity index (χ4v) is 3.12. The lowest BCUT2D eigenvalue weighted by Crippen LogP contribution is -2.44. The zero-order valence-corrected chi connectivity index (χ0v) is 14.3. The van der Waals surface area contributed by atoms with E-state index in [-0.39, 0.29) is 17.9 Å². The number of aryl methyl sites for hydroxylation is 1. The van der Waals surface area contributed by atoms with Gasteiger partial charge in [0, 0.05) is 31.8 Å². The molecule has 1 amide bonds. The molecule has 1 aliphatic heterocycles. The maximum Gasteiger partial charge on any atom is 0.240 e. The predicted molar refractivity (Wildman–Crippen MR) is 91.0 cm³/mol. The van der Waals surface area contributed by atoms with Gasteiger partial charge in [0.25, 0.3) is 0 Å². The first-order chi connectivity index (χ1) is 11.5. The van der Waals surface area contributed by atoms with Gasteiger partial charge in [-0.3, -0.25) is 9.78 Å². The Morgan fingerprint density at radius 1 is 1.33 bits per heavy atom. The first-order valence-corrected chi connectivity index (χ1v) is 8.26. The monoisotopic (exact) mass is 326 g/mol. The molecule has 0 spiro atoms. The van der Waals surface area contributed by atoms with E-state index in [2.05, 4.69) is 15.2 Å². The van der Waals surface area contributed by atoms with Crippen molar-refractivity contribution in [3.05, 3.63) is 41.4 Å². The molecule has 1 fully saturated rings. The molecule has 2 aromatic rings. The van der Waals surface area contributed by atoms with Crippen molar-refractivity contribution in [3.63, 3.8) is 0 Å². The lowest BCUT2D eigenvalue weighted by molar-refractivity contribution is -0.132. The summed E-state index contributed by atoms with van der Waals surface area (Å²) in [6.45, 7) is 6.45. The standard InChI is InChI=1S/C18H22N4O2/c1-12-6-7-15(19-11-12)8-9-17-20-21-18(24-17)16-5-4-10-22(13(16)2)14(3)23/h6-9,11,13,16H,4-5,10H2,1-3H3/t13-,16-/m0/s1. The Kier molecular flexibility index (Phi) is 4.74. The SMILES string of the molecule is CC(=O)N1CCC[C@H](c2nnc(C=Cc3ccc(C)cn3)o2)[C@@H]1C. The number of carbonyl (C=O) groups is 1. The first-order valence-electron chi connectivity index (χ1n) is 8.26. The van der Waals surface area contributed by atoms with Gasteiger partial charge in [-0.1, -0.05) is 6.07 Å². The van der Waals surface area contributed by atoms with Crippen LogP contribution in [0.5, 0.6) is 0 Å². The minimum atomic E-state index is 0.0762. The molecule has 0 aliphatic carbocycles. The van der Waals surface area contributed by atoms with Crippen molar-refractivity contribution >= 4 is 18.1 Å². The lowest BCUT2D eigenvalue weighted by Gasteiger charge is -2.37. The molecule has 0 aromatic carbocycles. The molecule has 0 radical (unpaired) electrons. The third kappa shape index (κ3) is 3.53. The summed E-state index contributed by atoms with van der Waals surface area (Å²) in [5.74, 6) is 1.25. The molecule has 0 saturated carbocycles. The highest BCUT2D eigenvalue weighted by molar-refractivity contribution is 5.73. The summed E-state index contributed by atoms with van der Waals surface area (Å²) in [4.78, 5) is 17.9. The molecule has 126 valence electrons. The summed E-state index contributed by atoms with van der Waals surface area (Å²) in [6, 6.07) is 4.02. The average Bonchev–Trinajstić information content (AvgIpc) is 3.03.